The zero-order chi connectivity index (χ0) is 16.8. The van der Waals surface area contributed by atoms with Crippen LogP contribution in [0.4, 0.5) is 11.4 Å². The Balaban J connectivity index is 0.00000288. The van der Waals surface area contributed by atoms with Gasteiger partial charge in [-0.15, -0.1) is 12.4 Å². The second kappa shape index (κ2) is 9.91. The summed E-state index contributed by atoms with van der Waals surface area (Å²) in [5.74, 6) is 0. The lowest BCUT2D eigenvalue weighted by atomic mass is 10.2. The molecule has 0 saturated heterocycles. The van der Waals surface area contributed by atoms with Gasteiger partial charge in [0, 0.05) is 31.8 Å². The van der Waals surface area contributed by atoms with Gasteiger partial charge in [-0.1, -0.05) is 40.9 Å². The van der Waals surface area contributed by atoms with Gasteiger partial charge in [-0.25, -0.2) is 0 Å². The molecule has 0 aliphatic heterocycles. The van der Waals surface area contributed by atoms with E-state index in [1.807, 2.05) is 12.1 Å². The normalized spacial score (nSPS) is 10.1. The van der Waals surface area contributed by atoms with Crippen LogP contribution >= 0.6 is 47.2 Å². The first kappa shape index (κ1) is 20.8. The van der Waals surface area contributed by atoms with Crippen molar-refractivity contribution in [3.63, 3.8) is 0 Å². The van der Waals surface area contributed by atoms with E-state index in [0.29, 0.717) is 40.4 Å². The molecule has 2 aromatic carbocycles. The summed E-state index contributed by atoms with van der Waals surface area (Å²) in [5.41, 5.74) is 1.67. The molecule has 2 aromatic rings. The maximum absolute atomic E-state index is 10.6. The van der Waals surface area contributed by atoms with E-state index in [9.17, 15) is 10.1 Å². The monoisotopic (exact) mass is 409 g/mol. The Labute approximate surface area is 160 Å². The van der Waals surface area contributed by atoms with Gasteiger partial charge in [-0.2, -0.15) is 0 Å². The molecular weight excluding hydrogens is 396 g/mol. The molecule has 0 bridgehead atoms. The molecular formula is C15H15Cl4N3O2. The van der Waals surface area contributed by atoms with Gasteiger partial charge in [0.1, 0.15) is 0 Å². The molecule has 0 aromatic heterocycles. The summed E-state index contributed by atoms with van der Waals surface area (Å²) in [5, 5.41) is 18.4. The molecule has 0 aliphatic carbocycles. The Hall–Kier alpha value is -1.24. The molecule has 5 nitrogen and oxygen atoms in total. The van der Waals surface area contributed by atoms with Crippen molar-refractivity contribution in [2.75, 3.05) is 18.4 Å². The summed E-state index contributed by atoms with van der Waals surface area (Å²) in [4.78, 5) is 10.2. The standard InChI is InChI=1S/C15H14Cl3N3O2.ClH/c16-12-3-1-10(7-13(12)17)9-19-5-6-20-15-4-2-11(21(22)23)8-14(15)18;/h1-4,7-8,19-20H,5-6,9H2;1H. The van der Waals surface area contributed by atoms with Crippen molar-refractivity contribution in [2.45, 2.75) is 6.54 Å². The van der Waals surface area contributed by atoms with Crippen LogP contribution in [0.1, 0.15) is 5.56 Å². The summed E-state index contributed by atoms with van der Waals surface area (Å²) < 4.78 is 0. The lowest BCUT2D eigenvalue weighted by Gasteiger charge is -2.09. The minimum absolute atomic E-state index is 0. The van der Waals surface area contributed by atoms with Gasteiger partial charge in [0.2, 0.25) is 0 Å². The van der Waals surface area contributed by atoms with Crippen molar-refractivity contribution in [3.05, 3.63) is 67.1 Å². The first-order valence-corrected chi connectivity index (χ1v) is 7.93. The third-order valence-electron chi connectivity index (χ3n) is 3.09. The fraction of sp³-hybridized carbons (Fsp3) is 0.200. The average molecular weight is 411 g/mol. The highest BCUT2D eigenvalue weighted by Crippen LogP contribution is 2.26. The lowest BCUT2D eigenvalue weighted by molar-refractivity contribution is -0.384. The zero-order valence-electron chi connectivity index (χ0n) is 12.4. The summed E-state index contributed by atoms with van der Waals surface area (Å²) in [6.45, 7) is 1.97. The molecule has 0 radical (unpaired) electrons. The molecule has 0 atom stereocenters. The van der Waals surface area contributed by atoms with Crippen LogP contribution in [-0.4, -0.2) is 18.0 Å². The third kappa shape index (κ3) is 6.00. The highest BCUT2D eigenvalue weighted by atomic mass is 35.5. The first-order valence-electron chi connectivity index (χ1n) is 6.80. The van der Waals surface area contributed by atoms with E-state index in [0.717, 1.165) is 5.56 Å². The number of hydrogen-bond donors (Lipinski definition) is 2. The van der Waals surface area contributed by atoms with E-state index >= 15 is 0 Å². The molecule has 24 heavy (non-hydrogen) atoms. The van der Waals surface area contributed by atoms with Crippen molar-refractivity contribution in [1.29, 1.82) is 0 Å². The van der Waals surface area contributed by atoms with Crippen molar-refractivity contribution in [2.24, 2.45) is 0 Å². The van der Waals surface area contributed by atoms with Gasteiger partial charge in [-0.05, 0) is 23.8 Å². The number of non-ortho nitro benzene ring substituents is 1. The van der Waals surface area contributed by atoms with Crippen LogP contribution in [0.15, 0.2) is 36.4 Å². The molecule has 2 N–H and O–H groups in total. The lowest BCUT2D eigenvalue weighted by Crippen LogP contribution is -2.21. The van der Waals surface area contributed by atoms with Gasteiger partial charge < -0.3 is 10.6 Å². The maximum Gasteiger partial charge on any atom is 0.271 e. The number of rotatable bonds is 7. The van der Waals surface area contributed by atoms with E-state index in [2.05, 4.69) is 10.6 Å². The Kier molecular flexibility index (Phi) is 8.59. The number of nitro groups is 1. The number of anilines is 1. The van der Waals surface area contributed by atoms with Crippen LogP contribution in [0.2, 0.25) is 15.1 Å². The third-order valence-corrected chi connectivity index (χ3v) is 4.15. The topological polar surface area (TPSA) is 67.2 Å². The van der Waals surface area contributed by atoms with Gasteiger partial charge in [0.05, 0.1) is 25.7 Å². The van der Waals surface area contributed by atoms with E-state index in [4.69, 9.17) is 34.8 Å². The highest BCUT2D eigenvalue weighted by Gasteiger charge is 2.08. The fourth-order valence-electron chi connectivity index (χ4n) is 1.93. The van der Waals surface area contributed by atoms with Gasteiger partial charge in [0.15, 0.2) is 0 Å². The molecule has 0 fully saturated rings. The maximum atomic E-state index is 10.6. The molecule has 0 aliphatic rings. The SMILES string of the molecule is Cl.O=[N+]([O-])c1ccc(NCCNCc2ccc(Cl)c(Cl)c2)c(Cl)c1. The Morgan fingerprint density at radius 2 is 1.71 bits per heavy atom. The van der Waals surface area contributed by atoms with Crippen LogP contribution < -0.4 is 10.6 Å². The highest BCUT2D eigenvalue weighted by molar-refractivity contribution is 6.42. The molecule has 0 spiro atoms. The molecule has 0 unspecified atom stereocenters. The number of nitrogens with one attached hydrogen (secondary N) is 2. The fourth-order valence-corrected chi connectivity index (χ4v) is 2.49. The van der Waals surface area contributed by atoms with E-state index in [-0.39, 0.29) is 18.1 Å². The Bertz CT molecular complexity index is 713. The summed E-state index contributed by atoms with van der Waals surface area (Å²) in [7, 11) is 0. The molecule has 0 heterocycles. The second-order valence-corrected chi connectivity index (χ2v) is 5.99. The zero-order valence-corrected chi connectivity index (χ0v) is 15.5. The quantitative estimate of drug-likeness (QED) is 0.375. The smallest absolute Gasteiger partial charge is 0.271 e. The van der Waals surface area contributed by atoms with Gasteiger partial charge in [0.25, 0.3) is 5.69 Å². The van der Waals surface area contributed by atoms with E-state index in [1.54, 1.807) is 12.1 Å². The van der Waals surface area contributed by atoms with Crippen molar-refractivity contribution in [3.8, 4) is 0 Å². The van der Waals surface area contributed by atoms with Gasteiger partial charge in [-0.3, -0.25) is 10.1 Å². The minimum Gasteiger partial charge on any atom is -0.383 e. The number of nitro benzene ring substituents is 1. The van der Waals surface area contributed by atoms with Crippen LogP contribution in [0.5, 0.6) is 0 Å². The molecule has 130 valence electrons. The largest absolute Gasteiger partial charge is 0.383 e. The van der Waals surface area contributed by atoms with Crippen molar-refractivity contribution in [1.82, 2.24) is 5.32 Å². The number of halogens is 4. The minimum atomic E-state index is -0.478. The molecule has 0 amide bonds. The van der Waals surface area contributed by atoms with Crippen LogP contribution in [0.3, 0.4) is 0 Å². The predicted molar refractivity (Wildman–Crippen MR) is 102 cm³/mol. The number of nitrogens with zero attached hydrogens (tertiary/aromatic N) is 1. The van der Waals surface area contributed by atoms with Crippen molar-refractivity contribution >= 4 is 58.6 Å². The first-order chi connectivity index (χ1) is 11.0. The summed E-state index contributed by atoms with van der Waals surface area (Å²) in [6.07, 6.45) is 0. The average Bonchev–Trinajstić information content (AvgIpc) is 2.51. The summed E-state index contributed by atoms with van der Waals surface area (Å²) >= 11 is 17.8. The number of benzene rings is 2. The van der Waals surface area contributed by atoms with Crippen LogP contribution in [0, 0.1) is 10.1 Å². The molecule has 2 rings (SSSR count). The van der Waals surface area contributed by atoms with E-state index < -0.39 is 4.92 Å². The second-order valence-electron chi connectivity index (χ2n) is 4.77. The van der Waals surface area contributed by atoms with Crippen molar-refractivity contribution < 1.29 is 4.92 Å². The Morgan fingerprint density at radius 1 is 0.958 bits per heavy atom. The predicted octanol–water partition coefficient (Wildman–Crippen LogP) is 5.18. The summed E-state index contributed by atoms with van der Waals surface area (Å²) in [6, 6.07) is 9.82. The van der Waals surface area contributed by atoms with Crippen LogP contribution in [0.25, 0.3) is 0 Å². The van der Waals surface area contributed by atoms with Gasteiger partial charge >= 0.3 is 0 Å². The number of hydrogen-bond acceptors (Lipinski definition) is 4. The van der Waals surface area contributed by atoms with Crippen LogP contribution in [-0.2, 0) is 6.54 Å². The molecule has 0 saturated carbocycles. The van der Waals surface area contributed by atoms with E-state index in [1.165, 1.54) is 12.1 Å². The Morgan fingerprint density at radius 3 is 2.33 bits per heavy atom. The molecule has 9 heteroatoms.